The third kappa shape index (κ3) is 3.16. The number of fused-ring (bicyclic) bond motifs is 2. The van der Waals surface area contributed by atoms with Crippen molar-refractivity contribution >= 4 is 23.0 Å². The summed E-state index contributed by atoms with van der Waals surface area (Å²) >= 11 is 0. The first kappa shape index (κ1) is 18.4. The number of aryl methyl sites for hydroxylation is 2. The van der Waals surface area contributed by atoms with E-state index < -0.39 is 5.82 Å². The number of pyridine rings is 1. The van der Waals surface area contributed by atoms with Crippen molar-refractivity contribution in [3.63, 3.8) is 0 Å². The predicted octanol–water partition coefficient (Wildman–Crippen LogP) is 2.83. The maximum absolute atomic E-state index is 14.8. The SMILES string of the molecule is Cc1cn2nc(-c3cc(F)c4nc(NC(=O)C5CN(C6CC6)C5)cn4c3)cc(C)c2n1. The van der Waals surface area contributed by atoms with Crippen molar-refractivity contribution in [2.24, 2.45) is 5.92 Å². The number of nitrogens with zero attached hydrogens (tertiary/aromatic N) is 6. The van der Waals surface area contributed by atoms with Gasteiger partial charge in [0.1, 0.15) is 0 Å². The molecule has 2 aliphatic rings. The lowest BCUT2D eigenvalue weighted by molar-refractivity contribution is -0.125. The van der Waals surface area contributed by atoms with Crippen LogP contribution in [0.4, 0.5) is 10.2 Å². The molecule has 0 spiro atoms. The van der Waals surface area contributed by atoms with Gasteiger partial charge in [0.15, 0.2) is 22.9 Å². The van der Waals surface area contributed by atoms with Gasteiger partial charge in [-0.2, -0.15) is 5.10 Å². The Morgan fingerprint density at radius 1 is 1.10 bits per heavy atom. The summed E-state index contributed by atoms with van der Waals surface area (Å²) in [6.07, 6.45) is 7.74. The number of anilines is 1. The van der Waals surface area contributed by atoms with E-state index in [1.165, 1.54) is 18.9 Å². The Labute approximate surface area is 177 Å². The van der Waals surface area contributed by atoms with Crippen molar-refractivity contribution in [1.82, 2.24) is 28.9 Å². The molecule has 1 aliphatic carbocycles. The van der Waals surface area contributed by atoms with Crippen LogP contribution in [-0.2, 0) is 4.79 Å². The molecule has 4 aromatic rings. The second-order valence-corrected chi connectivity index (χ2v) is 8.67. The van der Waals surface area contributed by atoms with Crippen LogP contribution in [0.15, 0.2) is 30.7 Å². The average molecular weight is 419 g/mol. The number of hydrogen-bond donors (Lipinski definition) is 1. The summed E-state index contributed by atoms with van der Waals surface area (Å²) in [5.74, 6) is -0.193. The molecule has 4 aromatic heterocycles. The summed E-state index contributed by atoms with van der Waals surface area (Å²) in [5, 5.41) is 7.42. The first-order valence-corrected chi connectivity index (χ1v) is 10.5. The van der Waals surface area contributed by atoms with E-state index in [2.05, 4.69) is 25.3 Å². The highest BCUT2D eigenvalue weighted by Crippen LogP contribution is 2.33. The second-order valence-electron chi connectivity index (χ2n) is 8.67. The fourth-order valence-corrected chi connectivity index (χ4v) is 4.29. The van der Waals surface area contributed by atoms with Crippen molar-refractivity contribution in [1.29, 1.82) is 0 Å². The number of rotatable bonds is 4. The van der Waals surface area contributed by atoms with Gasteiger partial charge in [-0.3, -0.25) is 9.69 Å². The molecule has 5 heterocycles. The largest absolute Gasteiger partial charge is 0.309 e. The molecule has 9 heteroatoms. The van der Waals surface area contributed by atoms with Gasteiger partial charge < -0.3 is 9.72 Å². The summed E-state index contributed by atoms with van der Waals surface area (Å²) in [4.78, 5) is 23.6. The van der Waals surface area contributed by atoms with E-state index in [0.717, 1.165) is 30.0 Å². The minimum absolute atomic E-state index is 0.0247. The minimum Gasteiger partial charge on any atom is -0.309 e. The fraction of sp³-hybridized carbons (Fsp3) is 0.364. The summed E-state index contributed by atoms with van der Waals surface area (Å²) in [6.45, 7) is 5.46. The van der Waals surface area contributed by atoms with Crippen LogP contribution < -0.4 is 5.32 Å². The van der Waals surface area contributed by atoms with E-state index in [1.807, 2.05) is 26.1 Å². The zero-order chi connectivity index (χ0) is 21.3. The summed E-state index contributed by atoms with van der Waals surface area (Å²) in [6, 6.07) is 3.99. The van der Waals surface area contributed by atoms with Crippen LogP contribution >= 0.6 is 0 Å². The van der Waals surface area contributed by atoms with Gasteiger partial charge in [-0.15, -0.1) is 0 Å². The van der Waals surface area contributed by atoms with Crippen LogP contribution in [0.25, 0.3) is 22.6 Å². The van der Waals surface area contributed by atoms with Gasteiger partial charge in [-0.05, 0) is 44.4 Å². The van der Waals surface area contributed by atoms with Crippen LogP contribution in [-0.4, -0.2) is 53.9 Å². The van der Waals surface area contributed by atoms with Gasteiger partial charge in [-0.25, -0.2) is 18.9 Å². The summed E-state index contributed by atoms with van der Waals surface area (Å²) < 4.78 is 18.1. The van der Waals surface area contributed by atoms with Crippen molar-refractivity contribution in [3.8, 4) is 11.3 Å². The molecular formula is C22H22FN7O. The molecule has 8 nitrogen and oxygen atoms in total. The molecule has 6 rings (SSSR count). The first-order valence-electron chi connectivity index (χ1n) is 10.5. The smallest absolute Gasteiger partial charge is 0.231 e. The Morgan fingerprint density at radius 2 is 1.90 bits per heavy atom. The molecule has 0 radical (unpaired) electrons. The van der Waals surface area contributed by atoms with Crippen LogP contribution in [0.1, 0.15) is 24.1 Å². The molecule has 31 heavy (non-hydrogen) atoms. The predicted molar refractivity (Wildman–Crippen MR) is 113 cm³/mol. The summed E-state index contributed by atoms with van der Waals surface area (Å²) in [7, 11) is 0. The Hall–Kier alpha value is -3.33. The third-order valence-electron chi connectivity index (χ3n) is 6.13. The lowest BCUT2D eigenvalue weighted by atomic mass is 9.99. The van der Waals surface area contributed by atoms with E-state index in [0.29, 0.717) is 23.1 Å². The molecule has 0 aromatic carbocycles. The number of nitrogens with one attached hydrogen (secondary N) is 1. The highest BCUT2D eigenvalue weighted by molar-refractivity contribution is 5.93. The minimum atomic E-state index is -0.470. The zero-order valence-electron chi connectivity index (χ0n) is 17.3. The Morgan fingerprint density at radius 3 is 2.68 bits per heavy atom. The number of imidazole rings is 2. The van der Waals surface area contributed by atoms with Gasteiger partial charge in [0.2, 0.25) is 5.91 Å². The number of amides is 1. The third-order valence-corrected chi connectivity index (χ3v) is 6.13. The Balaban J connectivity index is 1.28. The highest BCUT2D eigenvalue weighted by atomic mass is 19.1. The number of carbonyl (C=O) groups excluding carboxylic acids is 1. The molecule has 0 bridgehead atoms. The van der Waals surface area contributed by atoms with Gasteiger partial charge in [0.05, 0.1) is 29.7 Å². The molecule has 1 saturated heterocycles. The van der Waals surface area contributed by atoms with E-state index in [1.54, 1.807) is 21.3 Å². The van der Waals surface area contributed by atoms with Gasteiger partial charge in [-0.1, -0.05) is 0 Å². The van der Waals surface area contributed by atoms with Crippen LogP contribution in [0.3, 0.4) is 0 Å². The molecule has 1 N–H and O–H groups in total. The molecule has 1 saturated carbocycles. The van der Waals surface area contributed by atoms with Crippen LogP contribution in [0, 0.1) is 25.6 Å². The van der Waals surface area contributed by atoms with Crippen molar-refractivity contribution in [2.75, 3.05) is 18.4 Å². The normalized spacial score (nSPS) is 17.4. The Kier molecular flexibility index (Phi) is 3.92. The van der Waals surface area contributed by atoms with E-state index in [-0.39, 0.29) is 17.5 Å². The van der Waals surface area contributed by atoms with E-state index in [9.17, 15) is 9.18 Å². The van der Waals surface area contributed by atoms with Gasteiger partial charge in [0.25, 0.3) is 0 Å². The molecule has 1 aliphatic heterocycles. The molecule has 1 amide bonds. The van der Waals surface area contributed by atoms with Crippen molar-refractivity contribution in [3.05, 3.63) is 47.8 Å². The lowest BCUT2D eigenvalue weighted by Crippen LogP contribution is -2.52. The molecule has 0 unspecified atom stereocenters. The van der Waals surface area contributed by atoms with E-state index in [4.69, 9.17) is 0 Å². The number of carbonyl (C=O) groups is 1. The van der Waals surface area contributed by atoms with E-state index >= 15 is 0 Å². The fourth-order valence-electron chi connectivity index (χ4n) is 4.29. The first-order chi connectivity index (χ1) is 14.9. The number of likely N-dealkylation sites (tertiary alicyclic amines) is 1. The molecule has 2 fully saturated rings. The molecule has 158 valence electrons. The average Bonchev–Trinajstić information content (AvgIpc) is 3.29. The van der Waals surface area contributed by atoms with Crippen molar-refractivity contribution in [2.45, 2.75) is 32.7 Å². The zero-order valence-corrected chi connectivity index (χ0v) is 17.3. The number of hydrogen-bond acceptors (Lipinski definition) is 5. The maximum Gasteiger partial charge on any atom is 0.231 e. The maximum atomic E-state index is 14.8. The standard InChI is InChI=1S/C22H22FN7O/c1-12-5-18(27-30-7-13(2)24-20(12)30)14-6-17(23)21-25-19(11-29(21)8-14)26-22(31)15-9-28(10-15)16-3-4-16/h5-8,11,15-16H,3-4,9-10H2,1-2H3,(H,26,31). The quantitative estimate of drug-likeness (QED) is 0.550. The monoisotopic (exact) mass is 419 g/mol. The Bertz CT molecular complexity index is 1350. The topological polar surface area (TPSA) is 79.8 Å². The van der Waals surface area contributed by atoms with Crippen molar-refractivity contribution < 1.29 is 9.18 Å². The molecule has 0 atom stereocenters. The lowest BCUT2D eigenvalue weighted by Gasteiger charge is -2.38. The molecular weight excluding hydrogens is 397 g/mol. The summed E-state index contributed by atoms with van der Waals surface area (Å²) in [5.41, 5.74) is 4.04. The van der Waals surface area contributed by atoms with Gasteiger partial charge in [0, 0.05) is 30.9 Å². The number of halogens is 1. The number of aromatic nitrogens is 5. The van der Waals surface area contributed by atoms with Crippen LogP contribution in [0.5, 0.6) is 0 Å². The van der Waals surface area contributed by atoms with Crippen LogP contribution in [0.2, 0.25) is 0 Å². The second kappa shape index (κ2) is 6.58. The highest BCUT2D eigenvalue weighted by Gasteiger charge is 2.41. The van der Waals surface area contributed by atoms with Gasteiger partial charge >= 0.3 is 0 Å².